The Labute approximate surface area is 91.8 Å². The van der Waals surface area contributed by atoms with Gasteiger partial charge in [-0.05, 0) is 53.6 Å². The van der Waals surface area contributed by atoms with Gasteiger partial charge in [0.05, 0.1) is 0 Å². The van der Waals surface area contributed by atoms with Crippen LogP contribution in [0.25, 0.3) is 10.9 Å². The third-order valence-electron chi connectivity index (χ3n) is 2.36. The highest BCUT2D eigenvalue weighted by Gasteiger charge is 2.01. The van der Waals surface area contributed by atoms with E-state index < -0.39 is 0 Å². The molecule has 2 aromatic rings. The first-order valence-electron chi connectivity index (χ1n) is 4.71. The minimum atomic E-state index is 1.02. The Kier molecular flexibility index (Phi) is 2.89. The summed E-state index contributed by atoms with van der Waals surface area (Å²) in [6, 6.07) is 6.53. The lowest BCUT2D eigenvalue weighted by Gasteiger charge is -2.00. The molecule has 2 N–H and O–H groups in total. The number of nitrogens with one attached hydrogen (secondary N) is 2. The summed E-state index contributed by atoms with van der Waals surface area (Å²) >= 11 is 3.52. The lowest BCUT2D eigenvalue weighted by Crippen LogP contribution is -2.10. The maximum absolute atomic E-state index is 3.52. The van der Waals surface area contributed by atoms with Gasteiger partial charge in [0.15, 0.2) is 0 Å². The molecule has 1 aromatic carbocycles. The van der Waals surface area contributed by atoms with Gasteiger partial charge in [0.25, 0.3) is 0 Å². The fourth-order valence-corrected chi connectivity index (χ4v) is 2.00. The third kappa shape index (κ3) is 1.83. The van der Waals surface area contributed by atoms with Crippen LogP contribution in [0.3, 0.4) is 0 Å². The molecule has 3 heteroatoms. The maximum Gasteiger partial charge on any atom is 0.0465 e. The van der Waals surface area contributed by atoms with Crippen molar-refractivity contribution in [2.75, 3.05) is 13.6 Å². The van der Waals surface area contributed by atoms with Gasteiger partial charge in [-0.1, -0.05) is 6.07 Å². The van der Waals surface area contributed by atoms with Crippen LogP contribution in [-0.4, -0.2) is 18.6 Å². The molecular weight excluding hydrogens is 240 g/mol. The van der Waals surface area contributed by atoms with Crippen molar-refractivity contribution >= 4 is 26.8 Å². The maximum atomic E-state index is 3.52. The van der Waals surface area contributed by atoms with Crippen molar-refractivity contribution in [2.24, 2.45) is 0 Å². The van der Waals surface area contributed by atoms with Crippen LogP contribution < -0.4 is 5.32 Å². The van der Waals surface area contributed by atoms with E-state index in [-0.39, 0.29) is 0 Å². The van der Waals surface area contributed by atoms with Crippen LogP contribution in [0.4, 0.5) is 0 Å². The number of aromatic amines is 1. The molecule has 2 nitrogen and oxygen atoms in total. The Bertz CT molecular complexity index is 434. The molecule has 0 aliphatic heterocycles. The van der Waals surface area contributed by atoms with Crippen LogP contribution in [0, 0.1) is 0 Å². The number of fused-ring (bicyclic) bond motifs is 1. The summed E-state index contributed by atoms with van der Waals surface area (Å²) in [5, 5.41) is 4.42. The summed E-state index contributed by atoms with van der Waals surface area (Å²) in [5.41, 5.74) is 2.55. The molecule has 0 bridgehead atoms. The molecule has 0 aliphatic carbocycles. The molecule has 0 amide bonds. The number of benzene rings is 1. The van der Waals surface area contributed by atoms with Gasteiger partial charge in [-0.25, -0.2) is 0 Å². The van der Waals surface area contributed by atoms with Gasteiger partial charge in [-0.3, -0.25) is 0 Å². The highest BCUT2D eigenvalue weighted by Crippen LogP contribution is 2.24. The zero-order valence-electron chi connectivity index (χ0n) is 8.10. The topological polar surface area (TPSA) is 27.8 Å². The van der Waals surface area contributed by atoms with Crippen LogP contribution >= 0.6 is 15.9 Å². The summed E-state index contributed by atoms with van der Waals surface area (Å²) in [6.45, 7) is 1.02. The minimum Gasteiger partial charge on any atom is -0.360 e. The van der Waals surface area contributed by atoms with E-state index in [1.807, 2.05) is 13.2 Å². The van der Waals surface area contributed by atoms with Gasteiger partial charge in [0, 0.05) is 21.6 Å². The molecule has 2 rings (SSSR count). The number of rotatable bonds is 3. The Balaban J connectivity index is 2.34. The monoisotopic (exact) mass is 252 g/mol. The quantitative estimate of drug-likeness (QED) is 0.864. The first-order chi connectivity index (χ1) is 6.81. The molecular formula is C11H13BrN2. The Morgan fingerprint density at radius 2 is 2.29 bits per heavy atom. The van der Waals surface area contributed by atoms with E-state index >= 15 is 0 Å². The van der Waals surface area contributed by atoms with Gasteiger partial charge >= 0.3 is 0 Å². The highest BCUT2D eigenvalue weighted by molar-refractivity contribution is 9.10. The van der Waals surface area contributed by atoms with E-state index in [2.05, 4.69) is 44.4 Å². The largest absolute Gasteiger partial charge is 0.360 e. The minimum absolute atomic E-state index is 1.02. The number of H-pyrrole nitrogens is 1. The first-order valence-corrected chi connectivity index (χ1v) is 5.50. The van der Waals surface area contributed by atoms with Gasteiger partial charge in [0.1, 0.15) is 0 Å². The molecule has 0 saturated carbocycles. The summed E-state index contributed by atoms with van der Waals surface area (Å²) in [7, 11) is 1.98. The number of hydrogen-bond donors (Lipinski definition) is 2. The molecule has 14 heavy (non-hydrogen) atoms. The number of likely N-dealkylation sites (N-methyl/N-ethyl adjacent to an activating group) is 1. The third-order valence-corrected chi connectivity index (χ3v) is 3.02. The summed E-state index contributed by atoms with van der Waals surface area (Å²) in [6.07, 6.45) is 3.05. The standard InChI is InChI=1S/C11H13BrN2/c1-13-5-4-8-2-3-11-9(6-8)10(12)7-14-11/h2-3,6-7,13-14H,4-5H2,1H3. The smallest absolute Gasteiger partial charge is 0.0465 e. The average molecular weight is 253 g/mol. The van der Waals surface area contributed by atoms with Crippen LogP contribution in [0.15, 0.2) is 28.9 Å². The molecule has 0 fully saturated rings. The predicted octanol–water partition coefficient (Wildman–Crippen LogP) is 2.69. The molecule has 0 aliphatic rings. The molecule has 0 radical (unpaired) electrons. The van der Waals surface area contributed by atoms with Gasteiger partial charge in [-0.2, -0.15) is 0 Å². The van der Waals surface area contributed by atoms with Gasteiger partial charge < -0.3 is 10.3 Å². The van der Waals surface area contributed by atoms with Crippen LogP contribution in [0.1, 0.15) is 5.56 Å². The summed E-state index contributed by atoms with van der Waals surface area (Å²) in [5.74, 6) is 0. The SMILES string of the molecule is CNCCc1ccc2[nH]cc(Br)c2c1. The van der Waals surface area contributed by atoms with Crippen molar-refractivity contribution in [2.45, 2.75) is 6.42 Å². The Morgan fingerprint density at radius 3 is 3.07 bits per heavy atom. The van der Waals surface area contributed by atoms with Gasteiger partial charge in [0.2, 0.25) is 0 Å². The van der Waals surface area contributed by atoms with E-state index in [0.717, 1.165) is 17.4 Å². The van der Waals surface area contributed by atoms with Crippen molar-refractivity contribution in [3.05, 3.63) is 34.4 Å². The molecule has 0 saturated heterocycles. The van der Waals surface area contributed by atoms with E-state index in [9.17, 15) is 0 Å². The first kappa shape index (κ1) is 9.74. The second kappa shape index (κ2) is 4.15. The molecule has 0 spiro atoms. The Morgan fingerprint density at radius 1 is 1.43 bits per heavy atom. The number of hydrogen-bond acceptors (Lipinski definition) is 1. The molecule has 1 heterocycles. The van der Waals surface area contributed by atoms with Gasteiger partial charge in [-0.15, -0.1) is 0 Å². The van der Waals surface area contributed by atoms with Crippen molar-refractivity contribution in [1.82, 2.24) is 10.3 Å². The average Bonchev–Trinajstić information content (AvgIpc) is 2.57. The zero-order valence-corrected chi connectivity index (χ0v) is 9.69. The normalized spacial score (nSPS) is 11.0. The van der Waals surface area contributed by atoms with Crippen molar-refractivity contribution in [3.63, 3.8) is 0 Å². The lowest BCUT2D eigenvalue weighted by molar-refractivity contribution is 0.792. The molecule has 0 atom stereocenters. The predicted molar refractivity (Wildman–Crippen MR) is 63.6 cm³/mol. The fourth-order valence-electron chi connectivity index (χ4n) is 1.56. The van der Waals surface area contributed by atoms with E-state index in [4.69, 9.17) is 0 Å². The highest BCUT2D eigenvalue weighted by atomic mass is 79.9. The molecule has 1 aromatic heterocycles. The molecule has 74 valence electrons. The fraction of sp³-hybridized carbons (Fsp3) is 0.273. The van der Waals surface area contributed by atoms with Crippen molar-refractivity contribution in [3.8, 4) is 0 Å². The van der Waals surface area contributed by atoms with Crippen LogP contribution in [-0.2, 0) is 6.42 Å². The van der Waals surface area contributed by atoms with Crippen LogP contribution in [0.2, 0.25) is 0 Å². The summed E-state index contributed by atoms with van der Waals surface area (Å²) < 4.78 is 1.14. The summed E-state index contributed by atoms with van der Waals surface area (Å²) in [4.78, 5) is 3.21. The number of halogens is 1. The zero-order chi connectivity index (χ0) is 9.97. The van der Waals surface area contributed by atoms with Crippen LogP contribution in [0.5, 0.6) is 0 Å². The second-order valence-corrected chi connectivity index (χ2v) is 4.22. The van der Waals surface area contributed by atoms with Crippen molar-refractivity contribution < 1.29 is 0 Å². The van der Waals surface area contributed by atoms with Crippen molar-refractivity contribution in [1.29, 1.82) is 0 Å². The van der Waals surface area contributed by atoms with E-state index in [1.54, 1.807) is 0 Å². The van der Waals surface area contributed by atoms with E-state index in [1.165, 1.54) is 16.5 Å². The Hall–Kier alpha value is -0.800. The lowest BCUT2D eigenvalue weighted by atomic mass is 10.1. The molecule has 0 unspecified atom stereocenters. The second-order valence-electron chi connectivity index (χ2n) is 3.37. The van der Waals surface area contributed by atoms with E-state index in [0.29, 0.717) is 0 Å². The number of aromatic nitrogens is 1.